The molecule has 0 amide bonds. The molecule has 0 aromatic heterocycles. The van der Waals surface area contributed by atoms with Gasteiger partial charge in [-0.3, -0.25) is 0 Å². The molecule has 2 aromatic carbocycles. The molecule has 0 bridgehead atoms. The molecule has 2 rings (SSSR count). The van der Waals surface area contributed by atoms with Crippen molar-refractivity contribution in [3.63, 3.8) is 0 Å². The fourth-order valence-electron chi connectivity index (χ4n) is 2.18. The maximum Gasteiger partial charge on any atom is 0.352 e. The van der Waals surface area contributed by atoms with Crippen LogP contribution in [0.5, 0.6) is 17.2 Å². The van der Waals surface area contributed by atoms with E-state index in [9.17, 15) is 4.79 Å². The number of allylic oxidation sites excluding steroid dienone is 1. The zero-order valence-corrected chi connectivity index (χ0v) is 15.4. The second kappa shape index (κ2) is 8.93. The lowest BCUT2D eigenvalue weighted by Crippen LogP contribution is -2.28. The Morgan fingerprint density at radius 1 is 1.19 bits per heavy atom. The van der Waals surface area contributed by atoms with Gasteiger partial charge in [-0.05, 0) is 61.4 Å². The van der Waals surface area contributed by atoms with E-state index in [1.165, 1.54) is 13.2 Å². The molecule has 0 radical (unpaired) electrons. The molecule has 5 nitrogen and oxygen atoms in total. The zero-order valence-electron chi connectivity index (χ0n) is 14.7. The topological polar surface area (TPSA) is 68.5 Å². The molecule has 26 heavy (non-hydrogen) atoms. The maximum absolute atomic E-state index is 12.3. The standard InChI is InChI=1S/C20H18ClNO4/c1-13-11-16(21)7-9-17(13)25-14(2)20(23)26-18-8-6-15(5-4-10-22)12-19(18)24-3/h4-9,11-12,14H,1-3H3/b5-4-. The van der Waals surface area contributed by atoms with Gasteiger partial charge in [0.25, 0.3) is 0 Å². The van der Waals surface area contributed by atoms with Crippen molar-refractivity contribution in [3.05, 3.63) is 58.6 Å². The molecule has 0 N–H and O–H groups in total. The Morgan fingerprint density at radius 2 is 1.92 bits per heavy atom. The molecule has 0 aliphatic carbocycles. The van der Waals surface area contributed by atoms with Crippen LogP contribution in [0.15, 0.2) is 42.5 Å². The first kappa shape index (κ1) is 19.4. The summed E-state index contributed by atoms with van der Waals surface area (Å²) in [6, 6.07) is 12.1. The van der Waals surface area contributed by atoms with Crippen LogP contribution in [0.2, 0.25) is 5.02 Å². The molecule has 0 saturated heterocycles. The summed E-state index contributed by atoms with van der Waals surface area (Å²) >= 11 is 5.92. The predicted octanol–water partition coefficient (Wildman–Crippen LogP) is 4.57. The smallest absolute Gasteiger partial charge is 0.352 e. The Kier molecular flexibility index (Phi) is 6.65. The highest BCUT2D eigenvalue weighted by atomic mass is 35.5. The average molecular weight is 372 g/mol. The van der Waals surface area contributed by atoms with Gasteiger partial charge in [-0.1, -0.05) is 17.7 Å². The first-order valence-electron chi connectivity index (χ1n) is 7.83. The van der Waals surface area contributed by atoms with E-state index in [1.54, 1.807) is 49.4 Å². The highest BCUT2D eigenvalue weighted by Crippen LogP contribution is 2.29. The van der Waals surface area contributed by atoms with Gasteiger partial charge in [0.15, 0.2) is 17.6 Å². The highest BCUT2D eigenvalue weighted by molar-refractivity contribution is 6.30. The SMILES string of the molecule is COc1cc(/C=C\C#N)ccc1OC(=O)C(C)Oc1ccc(Cl)cc1C. The molecule has 6 heteroatoms. The number of hydrogen-bond acceptors (Lipinski definition) is 5. The summed E-state index contributed by atoms with van der Waals surface area (Å²) in [7, 11) is 1.47. The van der Waals surface area contributed by atoms with E-state index in [1.807, 2.05) is 13.0 Å². The monoisotopic (exact) mass is 371 g/mol. The number of hydrogen-bond donors (Lipinski definition) is 0. The number of aryl methyl sites for hydroxylation is 1. The number of carbonyl (C=O) groups excluding carboxylic acids is 1. The van der Waals surface area contributed by atoms with Crippen LogP contribution in [-0.2, 0) is 4.79 Å². The third-order valence-corrected chi connectivity index (χ3v) is 3.76. The van der Waals surface area contributed by atoms with E-state index < -0.39 is 12.1 Å². The van der Waals surface area contributed by atoms with Gasteiger partial charge in [-0.25, -0.2) is 4.79 Å². The second-order valence-corrected chi connectivity index (χ2v) is 5.90. The normalized spacial score (nSPS) is 11.7. The third kappa shape index (κ3) is 5.01. The predicted molar refractivity (Wildman–Crippen MR) is 99.6 cm³/mol. The van der Waals surface area contributed by atoms with Crippen molar-refractivity contribution in [1.29, 1.82) is 5.26 Å². The van der Waals surface area contributed by atoms with E-state index in [0.29, 0.717) is 16.5 Å². The van der Waals surface area contributed by atoms with E-state index >= 15 is 0 Å². The van der Waals surface area contributed by atoms with Gasteiger partial charge in [0, 0.05) is 11.1 Å². The van der Waals surface area contributed by atoms with Gasteiger partial charge in [-0.15, -0.1) is 0 Å². The van der Waals surface area contributed by atoms with Gasteiger partial charge >= 0.3 is 5.97 Å². The Hall–Kier alpha value is -2.97. The molecule has 1 unspecified atom stereocenters. The summed E-state index contributed by atoms with van der Waals surface area (Å²) in [5.41, 5.74) is 1.58. The molecule has 0 heterocycles. The lowest BCUT2D eigenvalue weighted by Gasteiger charge is -2.16. The number of rotatable bonds is 6. The minimum atomic E-state index is -0.822. The van der Waals surface area contributed by atoms with Crippen molar-refractivity contribution in [2.75, 3.05) is 7.11 Å². The molecular formula is C20H18ClNO4. The molecule has 1 atom stereocenters. The van der Waals surface area contributed by atoms with Gasteiger partial charge in [-0.2, -0.15) is 5.26 Å². The molecular weight excluding hydrogens is 354 g/mol. The van der Waals surface area contributed by atoms with Gasteiger partial charge in [0.05, 0.1) is 13.2 Å². The molecule has 0 fully saturated rings. The van der Waals surface area contributed by atoms with Crippen molar-refractivity contribution < 1.29 is 19.0 Å². The van der Waals surface area contributed by atoms with Crippen LogP contribution >= 0.6 is 11.6 Å². The zero-order chi connectivity index (χ0) is 19.1. The molecule has 0 aliphatic heterocycles. The van der Waals surface area contributed by atoms with E-state index in [0.717, 1.165) is 11.1 Å². The lowest BCUT2D eigenvalue weighted by atomic mass is 10.2. The van der Waals surface area contributed by atoms with Crippen molar-refractivity contribution >= 4 is 23.6 Å². The van der Waals surface area contributed by atoms with E-state index in [-0.39, 0.29) is 5.75 Å². The number of methoxy groups -OCH3 is 1. The summed E-state index contributed by atoms with van der Waals surface area (Å²) in [6.07, 6.45) is 2.16. The Labute approximate surface area is 157 Å². The first-order chi connectivity index (χ1) is 12.4. The number of nitriles is 1. The van der Waals surface area contributed by atoms with E-state index in [4.69, 9.17) is 31.1 Å². The Balaban J connectivity index is 2.10. The van der Waals surface area contributed by atoms with Crippen LogP contribution in [0.25, 0.3) is 6.08 Å². The summed E-state index contributed by atoms with van der Waals surface area (Å²) in [6.45, 7) is 3.45. The lowest BCUT2D eigenvalue weighted by molar-refractivity contribution is -0.141. The molecule has 134 valence electrons. The van der Waals surface area contributed by atoms with Crippen molar-refractivity contribution in [2.24, 2.45) is 0 Å². The minimum absolute atomic E-state index is 0.273. The molecule has 0 spiro atoms. The van der Waals surface area contributed by atoms with Crippen molar-refractivity contribution in [1.82, 2.24) is 0 Å². The molecule has 0 aliphatic rings. The number of ether oxygens (including phenoxy) is 3. The maximum atomic E-state index is 12.3. The van der Waals surface area contributed by atoms with Gasteiger partial charge in [0.2, 0.25) is 0 Å². The van der Waals surface area contributed by atoms with Crippen molar-refractivity contribution in [2.45, 2.75) is 20.0 Å². The average Bonchev–Trinajstić information content (AvgIpc) is 2.62. The Bertz CT molecular complexity index is 871. The largest absolute Gasteiger partial charge is 0.493 e. The fourth-order valence-corrected chi connectivity index (χ4v) is 2.41. The molecule has 0 saturated carbocycles. The van der Waals surface area contributed by atoms with Gasteiger partial charge < -0.3 is 14.2 Å². The van der Waals surface area contributed by atoms with Crippen LogP contribution < -0.4 is 14.2 Å². The van der Waals surface area contributed by atoms with Gasteiger partial charge in [0.1, 0.15) is 5.75 Å². The summed E-state index contributed by atoms with van der Waals surface area (Å²) in [5.74, 6) is 0.656. The summed E-state index contributed by atoms with van der Waals surface area (Å²) in [5, 5.41) is 9.18. The number of benzene rings is 2. The van der Waals surface area contributed by atoms with Crippen LogP contribution in [0.4, 0.5) is 0 Å². The van der Waals surface area contributed by atoms with Crippen molar-refractivity contribution in [3.8, 4) is 23.3 Å². The summed E-state index contributed by atoms with van der Waals surface area (Å²) in [4.78, 5) is 12.3. The summed E-state index contributed by atoms with van der Waals surface area (Å²) < 4.78 is 16.3. The number of halogens is 1. The Morgan fingerprint density at radius 3 is 2.58 bits per heavy atom. The number of nitrogens with zero attached hydrogens (tertiary/aromatic N) is 1. The fraction of sp³-hybridized carbons (Fsp3) is 0.200. The number of esters is 1. The van der Waals surface area contributed by atoms with Crippen LogP contribution in [0.3, 0.4) is 0 Å². The van der Waals surface area contributed by atoms with Crippen LogP contribution in [0.1, 0.15) is 18.1 Å². The van der Waals surface area contributed by atoms with Crippen LogP contribution in [-0.4, -0.2) is 19.2 Å². The first-order valence-corrected chi connectivity index (χ1v) is 8.21. The van der Waals surface area contributed by atoms with Crippen LogP contribution in [0, 0.1) is 18.3 Å². The minimum Gasteiger partial charge on any atom is -0.493 e. The highest BCUT2D eigenvalue weighted by Gasteiger charge is 2.20. The number of carbonyl (C=O) groups is 1. The quantitative estimate of drug-likeness (QED) is 0.422. The van der Waals surface area contributed by atoms with E-state index in [2.05, 4.69) is 0 Å². The second-order valence-electron chi connectivity index (χ2n) is 5.46. The third-order valence-electron chi connectivity index (χ3n) is 3.52. The molecule has 2 aromatic rings.